The van der Waals surface area contributed by atoms with Gasteiger partial charge in [0.15, 0.2) is 0 Å². The molecule has 0 atom stereocenters. The summed E-state index contributed by atoms with van der Waals surface area (Å²) < 4.78 is 10.5. The van der Waals surface area contributed by atoms with Gasteiger partial charge in [-0.1, -0.05) is 18.2 Å². The number of aromatic amines is 1. The van der Waals surface area contributed by atoms with E-state index in [1.807, 2.05) is 30.3 Å². The second kappa shape index (κ2) is 6.93. The fourth-order valence-corrected chi connectivity index (χ4v) is 2.65. The minimum absolute atomic E-state index is 0.0354. The molecule has 0 spiro atoms. The predicted molar refractivity (Wildman–Crippen MR) is 95.8 cm³/mol. The standard InChI is InChI=1S/C20H16N2O3/c1-24-15-7-8-18-16(10-15)17(12-22-18)20(23)14(11-21)9-13-5-3-4-6-19(13)25-2/h3-10,12,22H,1-2H3. The molecule has 5 nitrogen and oxygen atoms in total. The summed E-state index contributed by atoms with van der Waals surface area (Å²) in [6.07, 6.45) is 3.15. The molecular formula is C20H16N2O3. The van der Waals surface area contributed by atoms with Crippen molar-refractivity contribution in [2.45, 2.75) is 0 Å². The Labute approximate surface area is 145 Å². The number of hydrogen-bond donors (Lipinski definition) is 1. The highest BCUT2D eigenvalue weighted by Crippen LogP contribution is 2.27. The average molecular weight is 332 g/mol. The lowest BCUT2D eigenvalue weighted by Crippen LogP contribution is -2.01. The van der Waals surface area contributed by atoms with Gasteiger partial charge in [0.25, 0.3) is 0 Å². The molecule has 25 heavy (non-hydrogen) atoms. The first-order chi connectivity index (χ1) is 12.2. The zero-order valence-corrected chi connectivity index (χ0v) is 13.9. The highest BCUT2D eigenvalue weighted by Gasteiger charge is 2.17. The third-order valence-electron chi connectivity index (χ3n) is 3.94. The number of Topliss-reactive ketones (excluding diaryl/α,β-unsaturated/α-hetero) is 1. The molecule has 124 valence electrons. The normalized spacial score (nSPS) is 11.2. The first kappa shape index (κ1) is 16.3. The molecule has 3 aromatic rings. The van der Waals surface area contributed by atoms with Crippen molar-refractivity contribution >= 4 is 22.8 Å². The Morgan fingerprint density at radius 3 is 2.68 bits per heavy atom. The quantitative estimate of drug-likeness (QED) is 0.436. The van der Waals surface area contributed by atoms with Crippen molar-refractivity contribution in [2.24, 2.45) is 0 Å². The van der Waals surface area contributed by atoms with Crippen molar-refractivity contribution in [1.82, 2.24) is 4.98 Å². The number of ether oxygens (including phenoxy) is 2. The number of H-pyrrole nitrogens is 1. The molecule has 0 fully saturated rings. The Hall–Kier alpha value is -3.52. The van der Waals surface area contributed by atoms with Gasteiger partial charge >= 0.3 is 0 Å². The van der Waals surface area contributed by atoms with E-state index in [1.165, 1.54) is 0 Å². The molecule has 0 saturated heterocycles. The fraction of sp³-hybridized carbons (Fsp3) is 0.100. The molecule has 0 aliphatic carbocycles. The molecule has 0 saturated carbocycles. The topological polar surface area (TPSA) is 75.1 Å². The van der Waals surface area contributed by atoms with Crippen molar-refractivity contribution in [2.75, 3.05) is 14.2 Å². The second-order valence-electron chi connectivity index (χ2n) is 5.35. The van der Waals surface area contributed by atoms with Gasteiger partial charge in [-0.25, -0.2) is 0 Å². The molecule has 2 aromatic carbocycles. The predicted octanol–water partition coefficient (Wildman–Crippen LogP) is 3.97. The van der Waals surface area contributed by atoms with Crippen LogP contribution in [0.4, 0.5) is 0 Å². The number of allylic oxidation sites excluding steroid dienone is 1. The third-order valence-corrected chi connectivity index (χ3v) is 3.94. The summed E-state index contributed by atoms with van der Waals surface area (Å²) in [5, 5.41) is 10.2. The van der Waals surface area contributed by atoms with Gasteiger partial charge in [-0.3, -0.25) is 4.79 Å². The van der Waals surface area contributed by atoms with Crippen LogP contribution in [0.15, 0.2) is 54.2 Å². The van der Waals surface area contributed by atoms with Gasteiger partial charge in [-0.2, -0.15) is 5.26 Å². The molecule has 0 aliphatic rings. The molecule has 1 heterocycles. The lowest BCUT2D eigenvalue weighted by molar-refractivity contribution is 0.104. The van der Waals surface area contributed by atoms with Gasteiger partial charge < -0.3 is 14.5 Å². The molecule has 0 bridgehead atoms. The van der Waals surface area contributed by atoms with Gasteiger partial charge in [0, 0.05) is 28.2 Å². The highest BCUT2D eigenvalue weighted by atomic mass is 16.5. The Balaban J connectivity index is 2.07. The van der Waals surface area contributed by atoms with Crippen molar-refractivity contribution in [3.8, 4) is 17.6 Å². The summed E-state index contributed by atoms with van der Waals surface area (Å²) in [7, 11) is 3.12. The molecule has 3 rings (SSSR count). The maximum absolute atomic E-state index is 12.9. The monoisotopic (exact) mass is 332 g/mol. The number of nitrogens with one attached hydrogen (secondary N) is 1. The van der Waals surface area contributed by atoms with E-state index in [0.717, 1.165) is 5.52 Å². The lowest BCUT2D eigenvalue weighted by atomic mass is 10.0. The number of fused-ring (bicyclic) bond motifs is 1. The van der Waals surface area contributed by atoms with Crippen LogP contribution >= 0.6 is 0 Å². The largest absolute Gasteiger partial charge is 0.497 e. The minimum Gasteiger partial charge on any atom is -0.497 e. The van der Waals surface area contributed by atoms with Crippen LogP contribution in [-0.4, -0.2) is 25.0 Å². The fourth-order valence-electron chi connectivity index (χ4n) is 2.65. The van der Waals surface area contributed by atoms with E-state index in [4.69, 9.17) is 9.47 Å². The lowest BCUT2D eigenvalue weighted by Gasteiger charge is -2.05. The number of carbonyl (C=O) groups excluding carboxylic acids is 1. The summed E-state index contributed by atoms with van der Waals surface area (Å²) >= 11 is 0. The first-order valence-electron chi connectivity index (χ1n) is 7.62. The van der Waals surface area contributed by atoms with Gasteiger partial charge in [-0.05, 0) is 30.3 Å². The number of hydrogen-bond acceptors (Lipinski definition) is 4. The van der Waals surface area contributed by atoms with E-state index in [-0.39, 0.29) is 11.4 Å². The Bertz CT molecular complexity index is 1010. The van der Waals surface area contributed by atoms with Crippen LogP contribution in [0.25, 0.3) is 17.0 Å². The average Bonchev–Trinajstić information content (AvgIpc) is 3.08. The van der Waals surface area contributed by atoms with Crippen molar-refractivity contribution in [3.63, 3.8) is 0 Å². The van der Waals surface area contributed by atoms with E-state index >= 15 is 0 Å². The van der Waals surface area contributed by atoms with E-state index in [9.17, 15) is 10.1 Å². The van der Waals surface area contributed by atoms with Crippen molar-refractivity contribution < 1.29 is 14.3 Å². The molecule has 0 radical (unpaired) electrons. The van der Waals surface area contributed by atoms with Crippen LogP contribution in [0.5, 0.6) is 11.5 Å². The Kier molecular flexibility index (Phi) is 4.53. The highest BCUT2D eigenvalue weighted by molar-refractivity contribution is 6.20. The molecule has 0 aliphatic heterocycles. The summed E-state index contributed by atoms with van der Waals surface area (Å²) in [5.41, 5.74) is 1.94. The SMILES string of the molecule is COc1ccc2[nH]cc(C(=O)C(C#N)=Cc3ccccc3OC)c2c1. The van der Waals surface area contributed by atoms with E-state index in [0.29, 0.717) is 28.0 Å². The van der Waals surface area contributed by atoms with Crippen LogP contribution in [-0.2, 0) is 0 Å². The van der Waals surface area contributed by atoms with Crippen molar-refractivity contribution in [1.29, 1.82) is 5.26 Å². The molecule has 1 N–H and O–H groups in total. The van der Waals surface area contributed by atoms with Gasteiger partial charge in [-0.15, -0.1) is 0 Å². The molecule has 0 unspecified atom stereocenters. The number of rotatable bonds is 5. The van der Waals surface area contributed by atoms with Gasteiger partial charge in [0.1, 0.15) is 23.1 Å². The number of carbonyl (C=O) groups is 1. The summed E-state index contributed by atoms with van der Waals surface area (Å²) in [4.78, 5) is 15.9. The summed E-state index contributed by atoms with van der Waals surface area (Å²) in [6, 6.07) is 14.6. The molecule has 5 heteroatoms. The third kappa shape index (κ3) is 3.10. The van der Waals surface area contributed by atoms with Gasteiger partial charge in [0.05, 0.1) is 14.2 Å². The number of para-hydroxylation sites is 1. The summed E-state index contributed by atoms with van der Waals surface area (Å²) in [6.45, 7) is 0. The summed E-state index contributed by atoms with van der Waals surface area (Å²) in [5.74, 6) is 0.893. The van der Waals surface area contributed by atoms with Crippen LogP contribution in [0.2, 0.25) is 0 Å². The van der Waals surface area contributed by atoms with Crippen LogP contribution in [0, 0.1) is 11.3 Å². The second-order valence-corrected chi connectivity index (χ2v) is 5.35. The minimum atomic E-state index is -0.354. The van der Waals surface area contributed by atoms with Crippen LogP contribution in [0.3, 0.4) is 0 Å². The molecular weight excluding hydrogens is 316 g/mol. The number of ketones is 1. The van der Waals surface area contributed by atoms with E-state index in [2.05, 4.69) is 4.98 Å². The van der Waals surface area contributed by atoms with Crippen LogP contribution in [0.1, 0.15) is 15.9 Å². The number of nitrogens with zero attached hydrogens (tertiary/aromatic N) is 1. The van der Waals surface area contributed by atoms with E-state index < -0.39 is 0 Å². The zero-order chi connectivity index (χ0) is 17.8. The zero-order valence-electron chi connectivity index (χ0n) is 13.9. The Morgan fingerprint density at radius 2 is 1.96 bits per heavy atom. The van der Waals surface area contributed by atoms with E-state index in [1.54, 1.807) is 44.7 Å². The van der Waals surface area contributed by atoms with Gasteiger partial charge in [0.2, 0.25) is 5.78 Å². The maximum Gasteiger partial charge on any atom is 0.205 e. The van der Waals surface area contributed by atoms with Crippen molar-refractivity contribution in [3.05, 3.63) is 65.4 Å². The number of nitriles is 1. The number of methoxy groups -OCH3 is 2. The number of aromatic nitrogens is 1. The van der Waals surface area contributed by atoms with Crippen LogP contribution < -0.4 is 9.47 Å². The maximum atomic E-state index is 12.9. The smallest absolute Gasteiger partial charge is 0.205 e. The molecule has 1 aromatic heterocycles. The Morgan fingerprint density at radius 1 is 1.16 bits per heavy atom. The number of benzene rings is 2. The molecule has 0 amide bonds. The first-order valence-corrected chi connectivity index (χ1v) is 7.62.